The van der Waals surface area contributed by atoms with E-state index in [1.165, 1.54) is 48.2 Å². The fourth-order valence-electron chi connectivity index (χ4n) is 5.41. The number of quaternary nitrogens is 1. The molecule has 0 aliphatic carbocycles. The van der Waals surface area contributed by atoms with Gasteiger partial charge in [0.15, 0.2) is 0 Å². The summed E-state index contributed by atoms with van der Waals surface area (Å²) >= 11 is 0. The molecule has 0 radical (unpaired) electrons. The maximum atomic E-state index is 13.3. The number of nitrogens with one attached hydrogen (secondary N) is 3. The molecule has 3 N–H and O–H groups in total. The molecule has 2 aliphatic rings. The highest BCUT2D eigenvalue weighted by Crippen LogP contribution is 2.31. The lowest BCUT2D eigenvalue weighted by Gasteiger charge is -2.40. The van der Waals surface area contributed by atoms with Crippen molar-refractivity contribution in [3.05, 3.63) is 88.1 Å². The third-order valence-corrected chi connectivity index (χ3v) is 8.28. The van der Waals surface area contributed by atoms with Crippen LogP contribution in [0.5, 0.6) is 0 Å². The van der Waals surface area contributed by atoms with Gasteiger partial charge in [0.05, 0.1) is 18.0 Å². The van der Waals surface area contributed by atoms with Crippen molar-refractivity contribution in [1.29, 1.82) is 0 Å². The molecule has 1 amide bonds. The second-order valence-corrected chi connectivity index (χ2v) is 11.3. The molecule has 1 aromatic heterocycles. The van der Waals surface area contributed by atoms with Gasteiger partial charge in [0, 0.05) is 42.2 Å². The van der Waals surface area contributed by atoms with E-state index in [0.29, 0.717) is 18.2 Å². The van der Waals surface area contributed by atoms with Crippen LogP contribution in [0.1, 0.15) is 30.5 Å². The summed E-state index contributed by atoms with van der Waals surface area (Å²) < 4.78 is 43.2. The van der Waals surface area contributed by atoms with Crippen molar-refractivity contribution < 1.29 is 22.5 Å². The molecule has 3 aromatic rings. The molecule has 3 heterocycles. The lowest BCUT2D eigenvalue weighted by Crippen LogP contribution is -3.13. The number of fused-ring (bicyclic) bond motifs is 4. The van der Waals surface area contributed by atoms with Gasteiger partial charge in [-0.15, -0.1) is 0 Å². The summed E-state index contributed by atoms with van der Waals surface area (Å²) in [6.45, 7) is 4.47. The van der Waals surface area contributed by atoms with E-state index in [0.717, 1.165) is 37.3 Å². The zero-order valence-corrected chi connectivity index (χ0v) is 20.6. The summed E-state index contributed by atoms with van der Waals surface area (Å²) in [5.74, 6) is 0.00644. The Morgan fingerprint density at radius 3 is 2.47 bits per heavy atom. The molecule has 1 saturated heterocycles. The van der Waals surface area contributed by atoms with E-state index >= 15 is 0 Å². The standard InChI is InChI=1S/C26H27FN4O4S/c1-17(32)28-22-6-8-23(9-7-22)36(34,35)29-24-10-11-25-20-12-19(15-31(25)26(24)33)14-30(16-20)13-18-2-4-21(27)5-3-18/h2-11,19-20,29H,12-16H2,1H3,(H,28,32)/p+1/t19-,20+/m0/s1. The summed E-state index contributed by atoms with van der Waals surface area (Å²) in [5, 5.41) is 2.59. The van der Waals surface area contributed by atoms with Crippen LogP contribution in [-0.4, -0.2) is 32.0 Å². The number of halogens is 1. The van der Waals surface area contributed by atoms with Crippen LogP contribution in [0.25, 0.3) is 0 Å². The number of benzene rings is 2. The van der Waals surface area contributed by atoms with Gasteiger partial charge in [-0.3, -0.25) is 14.3 Å². The van der Waals surface area contributed by atoms with Gasteiger partial charge in [0.2, 0.25) is 5.91 Å². The van der Waals surface area contributed by atoms with E-state index in [2.05, 4.69) is 10.0 Å². The Kier molecular flexibility index (Phi) is 6.40. The number of rotatable bonds is 6. The number of nitrogens with zero attached hydrogens (tertiary/aromatic N) is 1. The minimum absolute atomic E-state index is 0.00405. The number of carbonyl (C=O) groups is 1. The largest absolute Gasteiger partial charge is 0.330 e. The summed E-state index contributed by atoms with van der Waals surface area (Å²) in [7, 11) is -3.98. The maximum Gasteiger partial charge on any atom is 0.275 e. The highest BCUT2D eigenvalue weighted by molar-refractivity contribution is 7.92. The number of hydrogen-bond acceptors (Lipinski definition) is 4. The molecular weight excluding hydrogens is 483 g/mol. The van der Waals surface area contributed by atoms with E-state index in [9.17, 15) is 22.4 Å². The summed E-state index contributed by atoms with van der Waals surface area (Å²) in [6, 6.07) is 15.7. The van der Waals surface area contributed by atoms with Gasteiger partial charge in [-0.2, -0.15) is 0 Å². The molecule has 1 unspecified atom stereocenters. The van der Waals surface area contributed by atoms with Gasteiger partial charge < -0.3 is 14.8 Å². The Morgan fingerprint density at radius 2 is 1.78 bits per heavy atom. The lowest BCUT2D eigenvalue weighted by molar-refractivity contribution is -0.924. The average molecular weight is 512 g/mol. The van der Waals surface area contributed by atoms with E-state index in [1.807, 2.05) is 18.2 Å². The predicted molar refractivity (Wildman–Crippen MR) is 134 cm³/mol. The number of aromatic nitrogens is 1. The van der Waals surface area contributed by atoms with Crippen molar-refractivity contribution >= 4 is 27.3 Å². The van der Waals surface area contributed by atoms with Crippen LogP contribution in [0.3, 0.4) is 0 Å². The summed E-state index contributed by atoms with van der Waals surface area (Å²) in [6.07, 6.45) is 0.998. The number of hydrogen-bond donors (Lipinski definition) is 3. The Balaban J connectivity index is 1.33. The molecule has 2 aromatic carbocycles. The maximum absolute atomic E-state index is 13.3. The third kappa shape index (κ3) is 5.05. The van der Waals surface area contributed by atoms with Crippen molar-refractivity contribution in [3.8, 4) is 0 Å². The SMILES string of the molecule is CC(=O)Nc1ccc(S(=O)(=O)Nc2ccc3n(c2=O)C[C@H]2C[C@@H]3C[NH+](Cc3ccc(F)cc3)C2)cc1. The van der Waals surface area contributed by atoms with Gasteiger partial charge in [-0.1, -0.05) is 12.1 Å². The van der Waals surface area contributed by atoms with Crippen molar-refractivity contribution in [3.63, 3.8) is 0 Å². The molecule has 5 rings (SSSR count). The molecular formula is C26H28FN4O4S+. The van der Waals surface area contributed by atoms with Gasteiger partial charge >= 0.3 is 0 Å². The van der Waals surface area contributed by atoms with Crippen molar-refractivity contribution in [2.45, 2.75) is 37.2 Å². The quantitative estimate of drug-likeness (QED) is 0.471. The second-order valence-electron chi connectivity index (χ2n) is 9.66. The van der Waals surface area contributed by atoms with Gasteiger partial charge in [0.25, 0.3) is 15.6 Å². The normalized spacial score (nSPS) is 20.9. The van der Waals surface area contributed by atoms with E-state index < -0.39 is 10.0 Å². The number of anilines is 2. The van der Waals surface area contributed by atoms with Crippen LogP contribution in [0.15, 0.2) is 70.4 Å². The number of piperidine rings is 1. The summed E-state index contributed by atoms with van der Waals surface area (Å²) in [4.78, 5) is 25.9. The van der Waals surface area contributed by atoms with Crippen LogP contribution in [0.4, 0.5) is 15.8 Å². The molecule has 8 nitrogen and oxygen atoms in total. The molecule has 0 saturated carbocycles. The average Bonchev–Trinajstić information content (AvgIpc) is 2.82. The van der Waals surface area contributed by atoms with Crippen LogP contribution >= 0.6 is 0 Å². The first-order valence-corrected chi connectivity index (χ1v) is 13.4. The number of likely N-dealkylation sites (tertiary alicyclic amines) is 1. The fraction of sp³-hybridized carbons (Fsp3) is 0.308. The van der Waals surface area contributed by atoms with E-state index in [1.54, 1.807) is 10.6 Å². The molecule has 36 heavy (non-hydrogen) atoms. The topological polar surface area (TPSA) is 102 Å². The minimum atomic E-state index is -3.98. The monoisotopic (exact) mass is 511 g/mol. The van der Waals surface area contributed by atoms with E-state index in [4.69, 9.17) is 0 Å². The van der Waals surface area contributed by atoms with Gasteiger partial charge in [-0.25, -0.2) is 12.8 Å². The van der Waals surface area contributed by atoms with Crippen LogP contribution < -0.4 is 20.5 Å². The molecule has 10 heteroatoms. The zero-order valence-electron chi connectivity index (χ0n) is 19.8. The van der Waals surface area contributed by atoms with Crippen LogP contribution in [0.2, 0.25) is 0 Å². The van der Waals surface area contributed by atoms with Crippen molar-refractivity contribution in [2.24, 2.45) is 5.92 Å². The molecule has 1 fully saturated rings. The van der Waals surface area contributed by atoms with E-state index in [-0.39, 0.29) is 33.8 Å². The van der Waals surface area contributed by atoms with Gasteiger partial charge in [0.1, 0.15) is 18.0 Å². The third-order valence-electron chi connectivity index (χ3n) is 6.89. The first kappa shape index (κ1) is 24.2. The molecule has 2 bridgehead atoms. The highest BCUT2D eigenvalue weighted by atomic mass is 32.2. The molecule has 0 spiro atoms. The van der Waals surface area contributed by atoms with Crippen LogP contribution in [-0.2, 0) is 27.9 Å². The Morgan fingerprint density at radius 1 is 1.06 bits per heavy atom. The highest BCUT2D eigenvalue weighted by Gasteiger charge is 2.37. The first-order chi connectivity index (χ1) is 17.2. The molecule has 2 aliphatic heterocycles. The van der Waals surface area contributed by atoms with Crippen molar-refractivity contribution in [2.75, 3.05) is 23.1 Å². The zero-order chi connectivity index (χ0) is 25.4. The predicted octanol–water partition coefficient (Wildman–Crippen LogP) is 1.95. The minimum Gasteiger partial charge on any atom is -0.330 e. The number of sulfonamides is 1. The fourth-order valence-corrected chi connectivity index (χ4v) is 6.46. The van der Waals surface area contributed by atoms with Gasteiger partial charge in [-0.05, 0) is 55.0 Å². The first-order valence-electron chi connectivity index (χ1n) is 11.9. The smallest absolute Gasteiger partial charge is 0.275 e. The number of pyridine rings is 1. The Hall–Kier alpha value is -3.50. The molecule has 188 valence electrons. The lowest BCUT2D eigenvalue weighted by atomic mass is 9.83. The van der Waals surface area contributed by atoms with Crippen molar-refractivity contribution in [1.82, 2.24) is 4.57 Å². The number of carbonyl (C=O) groups excluding carboxylic acids is 1. The molecule has 3 atom stereocenters. The Bertz CT molecular complexity index is 1450. The number of amides is 1. The van der Waals surface area contributed by atoms with Crippen LogP contribution in [0, 0.1) is 11.7 Å². The summed E-state index contributed by atoms with van der Waals surface area (Å²) in [5.41, 5.74) is 2.16. The Labute approximate surface area is 208 Å². The second kappa shape index (κ2) is 9.51.